The first-order valence-corrected chi connectivity index (χ1v) is 4.84. The fourth-order valence-electron chi connectivity index (χ4n) is 1.17. The van der Waals surface area contributed by atoms with Crippen LogP contribution in [0.15, 0.2) is 12.3 Å². The molecular weight excluding hydrogens is 180 g/mol. The summed E-state index contributed by atoms with van der Waals surface area (Å²) in [6.45, 7) is 3.30. The topological polar surface area (TPSA) is 44.1 Å². The normalized spacial score (nSPS) is 10.4. The van der Waals surface area contributed by atoms with E-state index in [1.807, 2.05) is 6.92 Å². The maximum Gasteiger partial charge on any atom is 0.183 e. The molecule has 14 heavy (non-hydrogen) atoms. The number of carbonyl (C=O) groups excluding carboxylic acids is 1. The van der Waals surface area contributed by atoms with E-state index < -0.39 is 0 Å². The number of aromatic nitrogens is 2. The number of nitrogens with zero attached hydrogens (tertiary/aromatic N) is 2. The van der Waals surface area contributed by atoms with Crippen molar-refractivity contribution in [1.29, 1.82) is 0 Å². The summed E-state index contributed by atoms with van der Waals surface area (Å²) >= 11 is 0. The first-order chi connectivity index (χ1) is 6.74. The molecular formula is C10H16N2O2. The third kappa shape index (κ3) is 3.30. The summed E-state index contributed by atoms with van der Waals surface area (Å²) in [5, 5.41) is 4.04. The van der Waals surface area contributed by atoms with Gasteiger partial charge in [-0.15, -0.1) is 0 Å². The molecule has 0 saturated heterocycles. The van der Waals surface area contributed by atoms with Crippen LogP contribution >= 0.6 is 0 Å². The molecule has 1 aromatic heterocycles. The average molecular weight is 196 g/mol. The highest BCUT2D eigenvalue weighted by atomic mass is 16.5. The Morgan fingerprint density at radius 1 is 1.64 bits per heavy atom. The predicted molar refractivity (Wildman–Crippen MR) is 53.3 cm³/mol. The number of aryl methyl sites for hydroxylation is 1. The molecule has 0 fully saturated rings. The van der Waals surface area contributed by atoms with Crippen LogP contribution in [0.3, 0.4) is 0 Å². The summed E-state index contributed by atoms with van der Waals surface area (Å²) in [5.41, 5.74) is 0.545. The molecule has 0 atom stereocenters. The SMILES string of the molecule is CCOCCCC(=O)c1ccn(C)n1. The van der Waals surface area contributed by atoms with E-state index in [9.17, 15) is 4.79 Å². The van der Waals surface area contributed by atoms with Gasteiger partial charge in [-0.3, -0.25) is 9.48 Å². The molecule has 4 nitrogen and oxygen atoms in total. The van der Waals surface area contributed by atoms with Crippen molar-refractivity contribution in [2.24, 2.45) is 7.05 Å². The van der Waals surface area contributed by atoms with Gasteiger partial charge in [-0.05, 0) is 19.4 Å². The van der Waals surface area contributed by atoms with Gasteiger partial charge in [-0.25, -0.2) is 0 Å². The Bertz CT molecular complexity index is 294. The van der Waals surface area contributed by atoms with Gasteiger partial charge in [0.1, 0.15) is 5.69 Å². The zero-order chi connectivity index (χ0) is 10.4. The molecule has 1 aromatic rings. The lowest BCUT2D eigenvalue weighted by molar-refractivity contribution is 0.0941. The van der Waals surface area contributed by atoms with Gasteiger partial charge in [-0.2, -0.15) is 5.10 Å². The molecule has 0 aliphatic carbocycles. The van der Waals surface area contributed by atoms with Crippen molar-refractivity contribution in [3.05, 3.63) is 18.0 Å². The lowest BCUT2D eigenvalue weighted by Crippen LogP contribution is -2.03. The first-order valence-electron chi connectivity index (χ1n) is 4.84. The van der Waals surface area contributed by atoms with E-state index in [0.29, 0.717) is 25.3 Å². The number of hydrogen-bond donors (Lipinski definition) is 0. The fraction of sp³-hybridized carbons (Fsp3) is 0.600. The molecule has 0 unspecified atom stereocenters. The lowest BCUT2D eigenvalue weighted by Gasteiger charge is -1.98. The molecule has 0 aromatic carbocycles. The quantitative estimate of drug-likeness (QED) is 0.510. The smallest absolute Gasteiger partial charge is 0.183 e. The number of hydrogen-bond acceptors (Lipinski definition) is 3. The Kier molecular flexibility index (Phi) is 4.32. The monoisotopic (exact) mass is 196 g/mol. The van der Waals surface area contributed by atoms with Crippen molar-refractivity contribution >= 4 is 5.78 Å². The van der Waals surface area contributed by atoms with Crippen LogP contribution in [-0.4, -0.2) is 28.8 Å². The number of ether oxygens (including phenoxy) is 1. The van der Waals surface area contributed by atoms with E-state index in [2.05, 4.69) is 5.10 Å². The lowest BCUT2D eigenvalue weighted by atomic mass is 10.2. The van der Waals surface area contributed by atoms with E-state index in [1.165, 1.54) is 0 Å². The van der Waals surface area contributed by atoms with Crippen molar-refractivity contribution in [2.45, 2.75) is 19.8 Å². The molecule has 1 heterocycles. The number of rotatable bonds is 6. The molecule has 0 bridgehead atoms. The Hall–Kier alpha value is -1.16. The maximum absolute atomic E-state index is 11.5. The summed E-state index contributed by atoms with van der Waals surface area (Å²) in [7, 11) is 1.80. The van der Waals surface area contributed by atoms with Gasteiger partial charge in [0, 0.05) is 32.9 Å². The van der Waals surface area contributed by atoms with Crippen molar-refractivity contribution < 1.29 is 9.53 Å². The van der Waals surface area contributed by atoms with Crippen molar-refractivity contribution in [3.63, 3.8) is 0 Å². The zero-order valence-electron chi connectivity index (χ0n) is 8.69. The molecule has 0 saturated carbocycles. The van der Waals surface area contributed by atoms with Crippen molar-refractivity contribution in [2.75, 3.05) is 13.2 Å². The van der Waals surface area contributed by atoms with Gasteiger partial charge in [0.05, 0.1) is 0 Å². The predicted octanol–water partition coefficient (Wildman–Crippen LogP) is 1.42. The molecule has 1 rings (SSSR count). The number of Topliss-reactive ketones (excluding diaryl/α,β-unsaturated/α-hetero) is 1. The summed E-state index contributed by atoms with van der Waals surface area (Å²) in [6.07, 6.45) is 3.05. The van der Waals surface area contributed by atoms with Gasteiger partial charge in [-0.1, -0.05) is 0 Å². The largest absolute Gasteiger partial charge is 0.382 e. The molecule has 78 valence electrons. The first kappa shape index (κ1) is 10.9. The molecule has 0 N–H and O–H groups in total. The average Bonchev–Trinajstić information content (AvgIpc) is 2.59. The molecule has 0 aliphatic heterocycles. The second-order valence-electron chi connectivity index (χ2n) is 3.10. The minimum Gasteiger partial charge on any atom is -0.382 e. The fourth-order valence-corrected chi connectivity index (χ4v) is 1.17. The van der Waals surface area contributed by atoms with Gasteiger partial charge in [0.15, 0.2) is 5.78 Å². The minimum atomic E-state index is 0.0882. The standard InChI is InChI=1S/C10H16N2O2/c1-3-14-8-4-5-10(13)9-6-7-12(2)11-9/h6-7H,3-5,8H2,1-2H3. The van der Waals surface area contributed by atoms with Gasteiger partial charge < -0.3 is 4.74 Å². The zero-order valence-corrected chi connectivity index (χ0v) is 8.69. The molecule has 0 aliphatic rings. The van der Waals surface area contributed by atoms with E-state index in [0.717, 1.165) is 6.42 Å². The van der Waals surface area contributed by atoms with Gasteiger partial charge >= 0.3 is 0 Å². The second kappa shape index (κ2) is 5.54. The van der Waals surface area contributed by atoms with Crippen LogP contribution in [0.2, 0.25) is 0 Å². The highest BCUT2D eigenvalue weighted by Gasteiger charge is 2.07. The number of carbonyl (C=O) groups is 1. The molecule has 0 spiro atoms. The van der Waals surface area contributed by atoms with E-state index >= 15 is 0 Å². The number of ketones is 1. The van der Waals surface area contributed by atoms with Crippen molar-refractivity contribution in [1.82, 2.24) is 9.78 Å². The molecule has 0 radical (unpaired) electrons. The summed E-state index contributed by atoms with van der Waals surface area (Å²) in [4.78, 5) is 11.5. The minimum absolute atomic E-state index is 0.0882. The van der Waals surface area contributed by atoms with Crippen LogP contribution in [0.4, 0.5) is 0 Å². The highest BCUT2D eigenvalue weighted by Crippen LogP contribution is 2.02. The Morgan fingerprint density at radius 3 is 3.00 bits per heavy atom. The Labute approximate surface area is 83.9 Å². The van der Waals surface area contributed by atoms with Crippen molar-refractivity contribution in [3.8, 4) is 0 Å². The third-order valence-corrected chi connectivity index (χ3v) is 1.90. The Balaban J connectivity index is 2.29. The third-order valence-electron chi connectivity index (χ3n) is 1.90. The van der Waals surface area contributed by atoms with E-state index in [1.54, 1.807) is 24.0 Å². The molecule has 4 heteroatoms. The van der Waals surface area contributed by atoms with Crippen LogP contribution in [-0.2, 0) is 11.8 Å². The van der Waals surface area contributed by atoms with Crippen LogP contribution in [0.25, 0.3) is 0 Å². The summed E-state index contributed by atoms with van der Waals surface area (Å²) < 4.78 is 6.78. The second-order valence-corrected chi connectivity index (χ2v) is 3.10. The molecule has 0 amide bonds. The van der Waals surface area contributed by atoms with Crippen LogP contribution in [0, 0.1) is 0 Å². The summed E-state index contributed by atoms with van der Waals surface area (Å²) in [5.74, 6) is 0.0882. The van der Waals surface area contributed by atoms with Gasteiger partial charge in [0.25, 0.3) is 0 Å². The van der Waals surface area contributed by atoms with E-state index in [4.69, 9.17) is 4.74 Å². The van der Waals surface area contributed by atoms with Crippen LogP contribution in [0.1, 0.15) is 30.3 Å². The van der Waals surface area contributed by atoms with Crippen LogP contribution in [0.5, 0.6) is 0 Å². The van der Waals surface area contributed by atoms with Gasteiger partial charge in [0.2, 0.25) is 0 Å². The maximum atomic E-state index is 11.5. The Morgan fingerprint density at radius 2 is 2.43 bits per heavy atom. The summed E-state index contributed by atoms with van der Waals surface area (Å²) in [6, 6.07) is 1.74. The highest BCUT2D eigenvalue weighted by molar-refractivity contribution is 5.94. The van der Waals surface area contributed by atoms with E-state index in [-0.39, 0.29) is 5.78 Å². The van der Waals surface area contributed by atoms with Crippen LogP contribution < -0.4 is 0 Å².